The zero-order valence-corrected chi connectivity index (χ0v) is 13.4. The van der Waals surface area contributed by atoms with E-state index in [1.165, 1.54) is 11.8 Å². The van der Waals surface area contributed by atoms with Gasteiger partial charge in [0.1, 0.15) is 5.82 Å². The van der Waals surface area contributed by atoms with Crippen molar-refractivity contribution in [1.29, 1.82) is 0 Å². The van der Waals surface area contributed by atoms with Crippen molar-refractivity contribution in [3.63, 3.8) is 0 Å². The summed E-state index contributed by atoms with van der Waals surface area (Å²) in [5, 5.41) is 8.90. The number of thioether (sulfide) groups is 1. The summed E-state index contributed by atoms with van der Waals surface area (Å²) in [5.74, 6) is 1.02. The molecule has 0 aliphatic carbocycles. The van der Waals surface area contributed by atoms with E-state index in [9.17, 15) is 4.79 Å². The number of aromatic nitrogens is 4. The topological polar surface area (TPSA) is 72.2 Å². The van der Waals surface area contributed by atoms with Gasteiger partial charge in [0, 0.05) is 11.9 Å². The molecule has 2 heterocycles. The zero-order valence-electron chi connectivity index (χ0n) is 12.5. The average Bonchev–Trinajstić information content (AvgIpc) is 2.92. The lowest BCUT2D eigenvalue weighted by atomic mass is 10.2. The number of para-hydroxylation sites is 1. The first-order valence-corrected chi connectivity index (χ1v) is 8.19. The number of carbonyl (C=O) groups excluding carboxylic acids is 1. The summed E-state index contributed by atoms with van der Waals surface area (Å²) in [7, 11) is 0. The standard InChI is InChI=1S/C15H17N5OS/c1-3-8-16-13(21)9-22-15-18-12-7-5-4-6-11(12)14-17-10(2)19-20(14)15/h4-7H,3,8-9H2,1-2H3,(H,16,21). The first-order chi connectivity index (χ1) is 10.7. The van der Waals surface area contributed by atoms with E-state index >= 15 is 0 Å². The molecule has 1 N–H and O–H groups in total. The van der Waals surface area contributed by atoms with Crippen molar-refractivity contribution < 1.29 is 4.79 Å². The minimum Gasteiger partial charge on any atom is -0.355 e. The van der Waals surface area contributed by atoms with E-state index in [0.29, 0.717) is 23.3 Å². The third-order valence-electron chi connectivity index (χ3n) is 3.16. The zero-order chi connectivity index (χ0) is 15.5. The second-order valence-corrected chi connectivity index (χ2v) is 5.89. The second-order valence-electron chi connectivity index (χ2n) is 4.94. The highest BCUT2D eigenvalue weighted by Gasteiger charge is 2.13. The van der Waals surface area contributed by atoms with Crippen molar-refractivity contribution in [2.24, 2.45) is 0 Å². The quantitative estimate of drug-likeness (QED) is 0.577. The summed E-state index contributed by atoms with van der Waals surface area (Å²) in [6.07, 6.45) is 0.928. The molecule has 0 saturated heterocycles. The molecule has 0 spiro atoms. The molecule has 114 valence electrons. The van der Waals surface area contributed by atoms with Gasteiger partial charge in [0.15, 0.2) is 10.8 Å². The van der Waals surface area contributed by atoms with Gasteiger partial charge in [0.05, 0.1) is 11.3 Å². The molecular formula is C15H17N5OS. The van der Waals surface area contributed by atoms with Crippen LogP contribution in [0.2, 0.25) is 0 Å². The minimum atomic E-state index is 0.00629. The largest absolute Gasteiger partial charge is 0.355 e. The van der Waals surface area contributed by atoms with E-state index in [1.54, 1.807) is 4.52 Å². The van der Waals surface area contributed by atoms with Gasteiger partial charge in [-0.1, -0.05) is 30.8 Å². The van der Waals surface area contributed by atoms with Crippen LogP contribution in [0.5, 0.6) is 0 Å². The number of hydrogen-bond donors (Lipinski definition) is 1. The molecule has 6 nitrogen and oxygen atoms in total. The van der Waals surface area contributed by atoms with Gasteiger partial charge in [-0.25, -0.2) is 9.97 Å². The summed E-state index contributed by atoms with van der Waals surface area (Å²) in [6.45, 7) is 4.58. The summed E-state index contributed by atoms with van der Waals surface area (Å²) in [6, 6.07) is 7.82. The lowest BCUT2D eigenvalue weighted by molar-refractivity contribution is -0.118. The number of nitrogens with zero attached hydrogens (tertiary/aromatic N) is 4. The first-order valence-electron chi connectivity index (χ1n) is 7.20. The predicted molar refractivity (Wildman–Crippen MR) is 87.0 cm³/mol. The molecule has 2 aromatic heterocycles. The predicted octanol–water partition coefficient (Wildman–Crippen LogP) is 2.20. The molecule has 0 saturated carbocycles. The fourth-order valence-electron chi connectivity index (χ4n) is 2.17. The van der Waals surface area contributed by atoms with Gasteiger partial charge in [-0.3, -0.25) is 4.79 Å². The summed E-state index contributed by atoms with van der Waals surface area (Å²) >= 11 is 1.37. The molecule has 0 radical (unpaired) electrons. The normalized spacial score (nSPS) is 11.2. The molecule has 0 unspecified atom stereocenters. The maximum Gasteiger partial charge on any atom is 0.230 e. The van der Waals surface area contributed by atoms with Crippen molar-refractivity contribution in [2.45, 2.75) is 25.4 Å². The van der Waals surface area contributed by atoms with Crippen LogP contribution in [-0.2, 0) is 4.79 Å². The van der Waals surface area contributed by atoms with Crippen LogP contribution in [0.15, 0.2) is 29.4 Å². The van der Waals surface area contributed by atoms with E-state index in [2.05, 4.69) is 20.4 Å². The fourth-order valence-corrected chi connectivity index (χ4v) is 2.95. The molecule has 22 heavy (non-hydrogen) atoms. The van der Waals surface area contributed by atoms with Gasteiger partial charge < -0.3 is 5.32 Å². The smallest absolute Gasteiger partial charge is 0.230 e. The highest BCUT2D eigenvalue weighted by atomic mass is 32.2. The van der Waals surface area contributed by atoms with Crippen LogP contribution < -0.4 is 5.32 Å². The highest BCUT2D eigenvalue weighted by molar-refractivity contribution is 7.99. The van der Waals surface area contributed by atoms with E-state index < -0.39 is 0 Å². The Balaban J connectivity index is 1.95. The Kier molecular flexibility index (Phi) is 4.24. The van der Waals surface area contributed by atoms with Gasteiger partial charge in [0.25, 0.3) is 0 Å². The van der Waals surface area contributed by atoms with Crippen molar-refractivity contribution in [1.82, 2.24) is 24.9 Å². The Morgan fingerprint density at radius 3 is 2.95 bits per heavy atom. The number of carbonyl (C=O) groups is 1. The fraction of sp³-hybridized carbons (Fsp3) is 0.333. The van der Waals surface area contributed by atoms with E-state index in [4.69, 9.17) is 0 Å². The third kappa shape index (κ3) is 2.89. The van der Waals surface area contributed by atoms with E-state index in [0.717, 1.165) is 23.0 Å². The molecule has 3 aromatic rings. The van der Waals surface area contributed by atoms with Crippen molar-refractivity contribution in [2.75, 3.05) is 12.3 Å². The van der Waals surface area contributed by atoms with Gasteiger partial charge in [-0.05, 0) is 25.5 Å². The van der Waals surface area contributed by atoms with Gasteiger partial charge in [0.2, 0.25) is 5.91 Å². The van der Waals surface area contributed by atoms with Crippen LogP contribution in [0.25, 0.3) is 16.6 Å². The SMILES string of the molecule is CCCNC(=O)CSc1nc2ccccc2c2nc(C)nn12. The summed E-state index contributed by atoms with van der Waals surface area (Å²) in [5.41, 5.74) is 1.64. The molecule has 1 amide bonds. The number of hydrogen-bond acceptors (Lipinski definition) is 5. The molecular weight excluding hydrogens is 298 g/mol. The maximum absolute atomic E-state index is 11.8. The monoisotopic (exact) mass is 315 g/mol. The molecule has 3 rings (SSSR count). The Morgan fingerprint density at radius 2 is 2.14 bits per heavy atom. The number of nitrogens with one attached hydrogen (secondary N) is 1. The first kappa shape index (κ1) is 14.8. The van der Waals surface area contributed by atoms with Crippen LogP contribution in [0, 0.1) is 6.92 Å². The van der Waals surface area contributed by atoms with Gasteiger partial charge >= 0.3 is 0 Å². The molecule has 7 heteroatoms. The van der Waals surface area contributed by atoms with Crippen molar-refractivity contribution in [3.8, 4) is 0 Å². The van der Waals surface area contributed by atoms with Crippen LogP contribution in [0.3, 0.4) is 0 Å². The number of aryl methyl sites for hydroxylation is 1. The number of rotatable bonds is 5. The molecule has 0 aliphatic rings. The molecule has 0 fully saturated rings. The Labute approximate surface area is 132 Å². The number of amides is 1. The Hall–Kier alpha value is -2.15. The average molecular weight is 315 g/mol. The van der Waals surface area contributed by atoms with Crippen LogP contribution in [0.1, 0.15) is 19.2 Å². The molecule has 0 atom stereocenters. The highest BCUT2D eigenvalue weighted by Crippen LogP contribution is 2.23. The lowest BCUT2D eigenvalue weighted by Crippen LogP contribution is -2.25. The molecule has 1 aromatic carbocycles. The molecule has 0 aliphatic heterocycles. The third-order valence-corrected chi connectivity index (χ3v) is 4.09. The number of benzene rings is 1. The minimum absolute atomic E-state index is 0.00629. The van der Waals surface area contributed by atoms with Crippen LogP contribution >= 0.6 is 11.8 Å². The van der Waals surface area contributed by atoms with Crippen LogP contribution in [-0.4, -0.2) is 37.8 Å². The summed E-state index contributed by atoms with van der Waals surface area (Å²) < 4.78 is 1.72. The Morgan fingerprint density at radius 1 is 1.32 bits per heavy atom. The van der Waals surface area contributed by atoms with Gasteiger partial charge in [-0.2, -0.15) is 4.52 Å². The van der Waals surface area contributed by atoms with E-state index in [-0.39, 0.29) is 5.91 Å². The second kappa shape index (κ2) is 6.31. The van der Waals surface area contributed by atoms with Crippen LogP contribution in [0.4, 0.5) is 0 Å². The summed E-state index contributed by atoms with van der Waals surface area (Å²) in [4.78, 5) is 20.9. The maximum atomic E-state index is 11.8. The number of fused-ring (bicyclic) bond motifs is 3. The Bertz CT molecular complexity index is 829. The van der Waals surface area contributed by atoms with E-state index in [1.807, 2.05) is 38.1 Å². The van der Waals surface area contributed by atoms with Crippen molar-refractivity contribution in [3.05, 3.63) is 30.1 Å². The molecule has 0 bridgehead atoms. The van der Waals surface area contributed by atoms with Gasteiger partial charge in [-0.15, -0.1) is 5.10 Å². The lowest BCUT2D eigenvalue weighted by Gasteiger charge is -2.06. The van der Waals surface area contributed by atoms with Crippen molar-refractivity contribution >= 4 is 34.2 Å².